The van der Waals surface area contributed by atoms with Gasteiger partial charge in [-0.25, -0.2) is 4.98 Å². The van der Waals surface area contributed by atoms with Crippen LogP contribution in [-0.2, 0) is 6.61 Å². The fraction of sp³-hybridized carbons (Fsp3) is 0.583. The third kappa shape index (κ3) is 2.95. The molecule has 0 atom stereocenters. The molecule has 0 aromatic carbocycles. The van der Waals surface area contributed by atoms with E-state index in [0.29, 0.717) is 12.5 Å². The minimum Gasteiger partial charge on any atom is -0.477 e. The van der Waals surface area contributed by atoms with Crippen molar-refractivity contribution < 1.29 is 9.84 Å². The molecule has 16 heavy (non-hydrogen) atoms. The fourth-order valence-corrected chi connectivity index (χ4v) is 2.19. The second-order valence-corrected chi connectivity index (χ2v) is 5.13. The van der Waals surface area contributed by atoms with Crippen LogP contribution < -0.4 is 4.74 Å². The number of aromatic nitrogens is 1. The summed E-state index contributed by atoms with van der Waals surface area (Å²) in [5, 5.41) is 9.17. The summed E-state index contributed by atoms with van der Waals surface area (Å²) >= 11 is 3.32. The monoisotopic (exact) mass is 285 g/mol. The summed E-state index contributed by atoms with van der Waals surface area (Å²) in [6.07, 6.45) is 6.83. The van der Waals surface area contributed by atoms with Gasteiger partial charge in [-0.15, -0.1) is 0 Å². The molecule has 0 amide bonds. The molecule has 1 fully saturated rings. The van der Waals surface area contributed by atoms with Crippen LogP contribution in [0.2, 0.25) is 0 Å². The summed E-state index contributed by atoms with van der Waals surface area (Å²) in [6, 6.07) is 1.84. The summed E-state index contributed by atoms with van der Waals surface area (Å²) in [6.45, 7) is 0.664. The van der Waals surface area contributed by atoms with Crippen LogP contribution in [-0.4, -0.2) is 16.7 Å². The molecule has 0 saturated heterocycles. The highest BCUT2D eigenvalue weighted by molar-refractivity contribution is 9.10. The van der Waals surface area contributed by atoms with Gasteiger partial charge in [0.2, 0.25) is 5.88 Å². The zero-order valence-corrected chi connectivity index (χ0v) is 10.7. The van der Waals surface area contributed by atoms with Crippen molar-refractivity contribution >= 4 is 15.9 Å². The normalized spacial score (nSPS) is 15.9. The minimum atomic E-state index is -0.0365. The first kappa shape index (κ1) is 11.9. The molecule has 1 aliphatic rings. The lowest BCUT2D eigenvalue weighted by molar-refractivity contribution is 0.209. The Labute approximate surface area is 104 Å². The quantitative estimate of drug-likeness (QED) is 0.905. The number of halogens is 1. The van der Waals surface area contributed by atoms with Gasteiger partial charge in [0.05, 0.1) is 13.2 Å². The molecule has 2 rings (SSSR count). The molecule has 1 aromatic heterocycles. The number of pyridine rings is 1. The molecule has 3 nitrogen and oxygen atoms in total. The van der Waals surface area contributed by atoms with Crippen LogP contribution in [0.4, 0.5) is 0 Å². The Morgan fingerprint density at radius 3 is 2.94 bits per heavy atom. The van der Waals surface area contributed by atoms with Gasteiger partial charge < -0.3 is 9.84 Å². The maximum absolute atomic E-state index is 9.17. The highest BCUT2D eigenvalue weighted by atomic mass is 79.9. The minimum absolute atomic E-state index is 0.0365. The van der Waals surface area contributed by atoms with E-state index < -0.39 is 0 Å². The molecular weight excluding hydrogens is 270 g/mol. The molecule has 88 valence electrons. The predicted molar refractivity (Wildman–Crippen MR) is 65.3 cm³/mol. The summed E-state index contributed by atoms with van der Waals surface area (Å²) in [5.74, 6) is 1.40. The van der Waals surface area contributed by atoms with Crippen LogP contribution in [0, 0.1) is 5.92 Å². The van der Waals surface area contributed by atoms with Crippen molar-refractivity contribution in [1.82, 2.24) is 4.98 Å². The number of ether oxygens (including phenoxy) is 1. The zero-order chi connectivity index (χ0) is 11.4. The van der Waals surface area contributed by atoms with Gasteiger partial charge in [0.1, 0.15) is 0 Å². The van der Waals surface area contributed by atoms with Gasteiger partial charge in [0.25, 0.3) is 0 Å². The molecular formula is C12H16BrNO2. The Bertz CT molecular complexity index is 353. The van der Waals surface area contributed by atoms with Crippen LogP contribution in [0.5, 0.6) is 5.88 Å². The topological polar surface area (TPSA) is 42.4 Å². The van der Waals surface area contributed by atoms with Gasteiger partial charge in [-0.1, -0.05) is 19.3 Å². The number of aliphatic hydroxyl groups is 1. The lowest BCUT2D eigenvalue weighted by Gasteiger charge is -2.25. The lowest BCUT2D eigenvalue weighted by atomic mass is 9.83. The average molecular weight is 286 g/mol. The third-order valence-corrected chi connectivity index (χ3v) is 3.49. The lowest BCUT2D eigenvalue weighted by Crippen LogP contribution is -2.15. The molecule has 1 aromatic rings. The molecule has 0 aliphatic heterocycles. The molecule has 1 N–H and O–H groups in total. The van der Waals surface area contributed by atoms with Crippen LogP contribution in [0.25, 0.3) is 0 Å². The van der Waals surface area contributed by atoms with Crippen molar-refractivity contribution in [3.05, 3.63) is 22.3 Å². The predicted octanol–water partition coefficient (Wildman–Crippen LogP) is 2.91. The number of nitrogens with zero attached hydrogens (tertiary/aromatic N) is 1. The Hall–Kier alpha value is -0.610. The van der Waals surface area contributed by atoms with Gasteiger partial charge in [-0.3, -0.25) is 0 Å². The molecule has 1 saturated carbocycles. The van der Waals surface area contributed by atoms with Crippen LogP contribution >= 0.6 is 15.9 Å². The molecule has 0 spiro atoms. The van der Waals surface area contributed by atoms with E-state index in [1.807, 2.05) is 6.07 Å². The first-order chi connectivity index (χ1) is 7.79. The molecule has 1 heterocycles. The van der Waals surface area contributed by atoms with Crippen molar-refractivity contribution in [2.45, 2.75) is 32.3 Å². The summed E-state index contributed by atoms with van der Waals surface area (Å²) in [5.41, 5.74) is 0.739. The third-order valence-electron chi connectivity index (χ3n) is 3.05. The van der Waals surface area contributed by atoms with E-state index in [1.54, 1.807) is 6.20 Å². The first-order valence-electron chi connectivity index (χ1n) is 5.67. The summed E-state index contributed by atoms with van der Waals surface area (Å²) in [4.78, 5) is 4.16. The fourth-order valence-electron chi connectivity index (χ4n) is 1.82. The van der Waals surface area contributed by atoms with Crippen molar-refractivity contribution in [2.24, 2.45) is 5.92 Å². The van der Waals surface area contributed by atoms with E-state index in [2.05, 4.69) is 20.9 Å². The molecule has 0 bridgehead atoms. The van der Waals surface area contributed by atoms with Crippen LogP contribution in [0.3, 0.4) is 0 Å². The van der Waals surface area contributed by atoms with E-state index in [9.17, 15) is 0 Å². The second-order valence-electron chi connectivity index (χ2n) is 4.21. The Morgan fingerprint density at radius 1 is 1.50 bits per heavy atom. The SMILES string of the molecule is OCc1cc(Br)cnc1OCCC1CCC1. The largest absolute Gasteiger partial charge is 0.477 e. The van der Waals surface area contributed by atoms with Crippen molar-refractivity contribution in [2.75, 3.05) is 6.61 Å². The van der Waals surface area contributed by atoms with Gasteiger partial charge >= 0.3 is 0 Å². The maximum atomic E-state index is 9.17. The Kier molecular flexibility index (Phi) is 4.18. The van der Waals surface area contributed by atoms with E-state index in [4.69, 9.17) is 9.84 Å². The number of aliphatic hydroxyl groups excluding tert-OH is 1. The summed E-state index contributed by atoms with van der Waals surface area (Å²) in [7, 11) is 0. The van der Waals surface area contributed by atoms with Gasteiger partial charge in [-0.2, -0.15) is 0 Å². The van der Waals surface area contributed by atoms with Crippen LogP contribution in [0.15, 0.2) is 16.7 Å². The molecule has 1 aliphatic carbocycles. The van der Waals surface area contributed by atoms with Gasteiger partial charge in [0, 0.05) is 16.2 Å². The molecule has 0 unspecified atom stereocenters. The Balaban J connectivity index is 1.87. The Morgan fingerprint density at radius 2 is 2.31 bits per heavy atom. The highest BCUT2D eigenvalue weighted by Gasteiger charge is 2.17. The summed E-state index contributed by atoms with van der Waals surface area (Å²) < 4.78 is 6.46. The van der Waals surface area contributed by atoms with Gasteiger partial charge in [0.15, 0.2) is 0 Å². The van der Waals surface area contributed by atoms with E-state index >= 15 is 0 Å². The maximum Gasteiger partial charge on any atom is 0.218 e. The highest BCUT2D eigenvalue weighted by Crippen LogP contribution is 2.29. The number of rotatable bonds is 5. The van der Waals surface area contributed by atoms with Crippen molar-refractivity contribution in [3.63, 3.8) is 0 Å². The second kappa shape index (κ2) is 5.64. The van der Waals surface area contributed by atoms with Crippen molar-refractivity contribution in [1.29, 1.82) is 0 Å². The van der Waals surface area contributed by atoms with Gasteiger partial charge in [-0.05, 0) is 34.3 Å². The molecule has 4 heteroatoms. The number of hydrogen-bond donors (Lipinski definition) is 1. The average Bonchev–Trinajstić information content (AvgIpc) is 2.23. The number of hydrogen-bond acceptors (Lipinski definition) is 3. The standard InChI is InChI=1S/C12H16BrNO2/c13-11-6-10(8-15)12(14-7-11)16-5-4-9-2-1-3-9/h6-7,9,15H,1-5,8H2. The van der Waals surface area contributed by atoms with Crippen molar-refractivity contribution in [3.8, 4) is 5.88 Å². The van der Waals surface area contributed by atoms with E-state index in [0.717, 1.165) is 22.4 Å². The zero-order valence-electron chi connectivity index (χ0n) is 9.16. The van der Waals surface area contributed by atoms with Crippen LogP contribution in [0.1, 0.15) is 31.2 Å². The molecule has 0 radical (unpaired) electrons. The van der Waals surface area contributed by atoms with E-state index in [1.165, 1.54) is 19.3 Å². The first-order valence-corrected chi connectivity index (χ1v) is 6.47. The van der Waals surface area contributed by atoms with E-state index in [-0.39, 0.29) is 6.61 Å². The smallest absolute Gasteiger partial charge is 0.218 e.